The molecule has 3 heteroatoms. The van der Waals surface area contributed by atoms with Crippen molar-refractivity contribution in [1.29, 1.82) is 0 Å². The molecule has 0 radical (unpaired) electrons. The van der Waals surface area contributed by atoms with Gasteiger partial charge in [0.2, 0.25) is 0 Å². The monoisotopic (exact) mass is 414 g/mol. The maximum absolute atomic E-state index is 13.4. The first-order valence-corrected chi connectivity index (χ1v) is 11.5. The minimum Gasteiger partial charge on any atom is -0.323 e. The summed E-state index contributed by atoms with van der Waals surface area (Å²) in [6, 6.07) is 19.9. The number of fused-ring (bicyclic) bond motifs is 2. The first-order valence-electron chi connectivity index (χ1n) is 11.5. The normalized spacial score (nSPS) is 15.9. The highest BCUT2D eigenvalue weighted by Crippen LogP contribution is 2.27. The second-order valence-electron chi connectivity index (χ2n) is 9.13. The van der Waals surface area contributed by atoms with Gasteiger partial charge in [-0.05, 0) is 86.2 Å². The van der Waals surface area contributed by atoms with E-state index in [-0.39, 0.29) is 12.1 Å². The fourth-order valence-electron chi connectivity index (χ4n) is 4.94. The molecule has 0 saturated carbocycles. The number of aryl methyl sites for hydroxylation is 2. The van der Waals surface area contributed by atoms with Crippen molar-refractivity contribution < 1.29 is 4.79 Å². The van der Waals surface area contributed by atoms with Crippen LogP contribution in [-0.2, 0) is 12.8 Å². The van der Waals surface area contributed by atoms with Crippen molar-refractivity contribution in [3.63, 3.8) is 0 Å². The van der Waals surface area contributed by atoms with Crippen molar-refractivity contribution >= 4 is 16.7 Å². The van der Waals surface area contributed by atoms with E-state index in [4.69, 9.17) is 0 Å². The molecule has 0 fully saturated rings. The molecule has 0 aliphatic carbocycles. The van der Waals surface area contributed by atoms with Crippen LogP contribution in [0.1, 0.15) is 52.9 Å². The Bertz CT molecular complexity index is 1100. The zero-order valence-electron chi connectivity index (χ0n) is 19.5. The van der Waals surface area contributed by atoms with Gasteiger partial charge in [0.05, 0.1) is 6.17 Å². The molecule has 1 heterocycles. The molecule has 0 aromatic heterocycles. The van der Waals surface area contributed by atoms with Crippen LogP contribution in [0.5, 0.6) is 0 Å². The molecule has 1 aliphatic rings. The summed E-state index contributed by atoms with van der Waals surface area (Å²) in [5.41, 5.74) is 5.90. The number of likely N-dealkylation sites (N-methyl/N-ethyl adjacent to an activating group) is 1. The van der Waals surface area contributed by atoms with Crippen LogP contribution in [0, 0.1) is 13.8 Å². The van der Waals surface area contributed by atoms with E-state index >= 15 is 0 Å². The molecule has 2 atom stereocenters. The third-order valence-electron chi connectivity index (χ3n) is 7.07. The SMILES string of the molecule is CCC(N1CCc2cc(C)c(C)cc2C1=O)N(C)C(C)Cc1ccc2ccccc2c1. The summed E-state index contributed by atoms with van der Waals surface area (Å²) >= 11 is 0. The van der Waals surface area contributed by atoms with Gasteiger partial charge in [-0.1, -0.05) is 55.5 Å². The molecule has 31 heavy (non-hydrogen) atoms. The van der Waals surface area contributed by atoms with Gasteiger partial charge in [0.15, 0.2) is 0 Å². The van der Waals surface area contributed by atoms with Crippen molar-refractivity contribution in [3.05, 3.63) is 82.4 Å². The largest absolute Gasteiger partial charge is 0.323 e. The molecule has 0 saturated heterocycles. The van der Waals surface area contributed by atoms with Crippen molar-refractivity contribution in [2.45, 2.75) is 59.2 Å². The summed E-state index contributed by atoms with van der Waals surface area (Å²) in [6.07, 6.45) is 2.93. The molecule has 4 rings (SSSR count). The average molecular weight is 415 g/mol. The minimum atomic E-state index is 0.109. The number of rotatable bonds is 6. The topological polar surface area (TPSA) is 23.6 Å². The molecular weight excluding hydrogens is 380 g/mol. The van der Waals surface area contributed by atoms with E-state index in [0.717, 1.165) is 31.4 Å². The fraction of sp³-hybridized carbons (Fsp3) is 0.393. The van der Waals surface area contributed by atoms with Crippen LogP contribution < -0.4 is 0 Å². The number of hydrogen-bond acceptors (Lipinski definition) is 2. The molecule has 2 unspecified atom stereocenters. The zero-order chi connectivity index (χ0) is 22.1. The molecule has 162 valence electrons. The first kappa shape index (κ1) is 21.6. The van der Waals surface area contributed by atoms with E-state index in [1.165, 1.54) is 33.0 Å². The molecule has 3 aromatic rings. The van der Waals surface area contributed by atoms with Gasteiger partial charge in [0.25, 0.3) is 5.91 Å². The predicted octanol–water partition coefficient (Wildman–Crippen LogP) is 5.75. The quantitative estimate of drug-likeness (QED) is 0.512. The summed E-state index contributed by atoms with van der Waals surface area (Å²) in [5.74, 6) is 0.181. The van der Waals surface area contributed by atoms with Crippen LogP contribution in [0.4, 0.5) is 0 Å². The summed E-state index contributed by atoms with van der Waals surface area (Å²) < 4.78 is 0. The van der Waals surface area contributed by atoms with E-state index in [0.29, 0.717) is 6.04 Å². The lowest BCUT2D eigenvalue weighted by Gasteiger charge is -2.42. The molecule has 1 aliphatic heterocycles. The summed E-state index contributed by atoms with van der Waals surface area (Å²) in [6.45, 7) is 9.47. The Labute approximate surface area is 186 Å². The van der Waals surface area contributed by atoms with Crippen molar-refractivity contribution in [2.75, 3.05) is 13.6 Å². The highest BCUT2D eigenvalue weighted by Gasteiger charge is 2.33. The highest BCUT2D eigenvalue weighted by atomic mass is 16.2. The Balaban J connectivity index is 1.52. The van der Waals surface area contributed by atoms with Crippen molar-refractivity contribution in [2.24, 2.45) is 0 Å². The number of carbonyl (C=O) groups is 1. The third-order valence-corrected chi connectivity index (χ3v) is 7.07. The number of benzene rings is 3. The van der Waals surface area contributed by atoms with E-state index in [1.807, 2.05) is 0 Å². The molecule has 0 spiro atoms. The minimum absolute atomic E-state index is 0.109. The lowest BCUT2D eigenvalue weighted by molar-refractivity contribution is 0.0238. The molecular formula is C28H34N2O. The molecule has 0 bridgehead atoms. The Morgan fingerprint density at radius 3 is 2.45 bits per heavy atom. The van der Waals surface area contributed by atoms with E-state index < -0.39 is 0 Å². The Hall–Kier alpha value is -2.65. The van der Waals surface area contributed by atoms with Crippen LogP contribution in [0.3, 0.4) is 0 Å². The van der Waals surface area contributed by atoms with Crippen LogP contribution in [0.2, 0.25) is 0 Å². The van der Waals surface area contributed by atoms with Crippen molar-refractivity contribution in [1.82, 2.24) is 9.80 Å². The van der Waals surface area contributed by atoms with Gasteiger partial charge >= 0.3 is 0 Å². The zero-order valence-corrected chi connectivity index (χ0v) is 19.5. The molecule has 3 aromatic carbocycles. The van der Waals surface area contributed by atoms with Crippen LogP contribution in [0.25, 0.3) is 10.8 Å². The molecule has 0 N–H and O–H groups in total. The fourth-order valence-corrected chi connectivity index (χ4v) is 4.94. The molecule has 1 amide bonds. The van der Waals surface area contributed by atoms with Crippen LogP contribution >= 0.6 is 0 Å². The Kier molecular flexibility index (Phi) is 6.15. The Morgan fingerprint density at radius 1 is 1.00 bits per heavy atom. The average Bonchev–Trinajstić information content (AvgIpc) is 2.77. The number of nitrogens with zero attached hydrogens (tertiary/aromatic N) is 2. The van der Waals surface area contributed by atoms with E-state index in [9.17, 15) is 4.79 Å². The smallest absolute Gasteiger partial charge is 0.255 e. The third kappa shape index (κ3) is 4.24. The van der Waals surface area contributed by atoms with Gasteiger partial charge < -0.3 is 4.90 Å². The second kappa shape index (κ2) is 8.84. The van der Waals surface area contributed by atoms with Gasteiger partial charge in [-0.15, -0.1) is 0 Å². The highest BCUT2D eigenvalue weighted by molar-refractivity contribution is 5.97. The second-order valence-corrected chi connectivity index (χ2v) is 9.13. The number of carbonyl (C=O) groups excluding carboxylic acids is 1. The van der Waals surface area contributed by atoms with Crippen LogP contribution in [-0.4, -0.2) is 41.5 Å². The van der Waals surface area contributed by atoms with Gasteiger partial charge in [-0.25, -0.2) is 0 Å². The summed E-state index contributed by atoms with van der Waals surface area (Å²) in [7, 11) is 2.17. The lowest BCUT2D eigenvalue weighted by Crippen LogP contribution is -2.54. The maximum atomic E-state index is 13.4. The van der Waals surface area contributed by atoms with Gasteiger partial charge in [0.1, 0.15) is 0 Å². The number of amides is 1. The Morgan fingerprint density at radius 2 is 1.71 bits per heavy atom. The first-order chi connectivity index (χ1) is 14.9. The van der Waals surface area contributed by atoms with Crippen molar-refractivity contribution in [3.8, 4) is 0 Å². The van der Waals surface area contributed by atoms with Gasteiger partial charge in [0, 0.05) is 18.2 Å². The van der Waals surface area contributed by atoms with E-state index in [2.05, 4.69) is 99.1 Å². The van der Waals surface area contributed by atoms with E-state index in [1.54, 1.807) is 0 Å². The predicted molar refractivity (Wildman–Crippen MR) is 130 cm³/mol. The molecule has 3 nitrogen and oxygen atoms in total. The van der Waals surface area contributed by atoms with Gasteiger partial charge in [-0.2, -0.15) is 0 Å². The summed E-state index contributed by atoms with van der Waals surface area (Å²) in [5, 5.41) is 2.57. The maximum Gasteiger partial charge on any atom is 0.255 e. The summed E-state index contributed by atoms with van der Waals surface area (Å²) in [4.78, 5) is 17.9. The van der Waals surface area contributed by atoms with Gasteiger partial charge in [-0.3, -0.25) is 9.69 Å². The van der Waals surface area contributed by atoms with Crippen LogP contribution in [0.15, 0.2) is 54.6 Å². The lowest BCUT2D eigenvalue weighted by atomic mass is 9.93. The standard InChI is InChI=1S/C28H34N2O/c1-6-27(30-14-13-25-15-19(2)20(3)16-26(25)28(30)31)29(5)21(4)17-22-11-12-23-9-7-8-10-24(23)18-22/h7-12,15-16,18,21,27H,6,13-14,17H2,1-5H3. The number of hydrogen-bond donors (Lipinski definition) is 0.